The van der Waals surface area contributed by atoms with Gasteiger partial charge in [-0.1, -0.05) is 6.92 Å². The molecule has 2 aromatic carbocycles. The fraction of sp³-hybridized carbons (Fsp3) is 0.321. The van der Waals surface area contributed by atoms with Gasteiger partial charge in [0.2, 0.25) is 5.91 Å². The van der Waals surface area contributed by atoms with E-state index in [4.69, 9.17) is 5.73 Å². The van der Waals surface area contributed by atoms with Crippen LogP contribution in [0.4, 0.5) is 34.6 Å². The lowest BCUT2D eigenvalue weighted by Crippen LogP contribution is -2.46. The maximum atomic E-state index is 15.6. The highest BCUT2D eigenvalue weighted by Crippen LogP contribution is 2.36. The Morgan fingerprint density at radius 3 is 2.37 bits per heavy atom. The monoisotopic (exact) mass is 613 g/mol. The SMILES string of the molecule is C[C@@H]1C[C@H](N)CN(c2ccncc2NC(=O)c2ccc(F)c(-c3c(F)cc(N4CCCC4=O)cc3F)c2F)C1.Cl.Cl. The highest BCUT2D eigenvalue weighted by Gasteiger charge is 2.29. The first-order chi connectivity index (χ1) is 18.6. The van der Waals surface area contributed by atoms with Crippen molar-refractivity contribution in [1.82, 2.24) is 4.98 Å². The Labute approximate surface area is 246 Å². The second-order valence-electron chi connectivity index (χ2n) is 10.1. The van der Waals surface area contributed by atoms with Gasteiger partial charge in [-0.15, -0.1) is 24.8 Å². The summed E-state index contributed by atoms with van der Waals surface area (Å²) in [5, 5.41) is 2.60. The Hall–Kier alpha value is -3.41. The van der Waals surface area contributed by atoms with Crippen LogP contribution >= 0.6 is 24.8 Å². The van der Waals surface area contributed by atoms with Crippen LogP contribution in [0, 0.1) is 29.2 Å². The van der Waals surface area contributed by atoms with Crippen molar-refractivity contribution in [3.63, 3.8) is 0 Å². The molecular formula is C28H29Cl2F4N5O2. The molecule has 2 saturated heterocycles. The summed E-state index contributed by atoms with van der Waals surface area (Å²) in [4.78, 5) is 32.4. The van der Waals surface area contributed by atoms with Crippen molar-refractivity contribution in [3.8, 4) is 11.1 Å². The molecule has 1 aromatic heterocycles. The van der Waals surface area contributed by atoms with Crippen molar-refractivity contribution in [2.75, 3.05) is 34.8 Å². The summed E-state index contributed by atoms with van der Waals surface area (Å²) in [6, 6.07) is 5.04. The van der Waals surface area contributed by atoms with Crippen LogP contribution in [0.25, 0.3) is 11.1 Å². The number of hydrogen-bond acceptors (Lipinski definition) is 5. The number of pyridine rings is 1. The third kappa shape index (κ3) is 6.42. The molecule has 13 heteroatoms. The number of carbonyl (C=O) groups excluding carboxylic acids is 2. The van der Waals surface area contributed by atoms with Crippen LogP contribution in [-0.2, 0) is 4.79 Å². The molecule has 220 valence electrons. The van der Waals surface area contributed by atoms with Gasteiger partial charge in [-0.25, -0.2) is 17.6 Å². The number of nitrogens with two attached hydrogens (primary N) is 1. The minimum absolute atomic E-state index is 0. The average Bonchev–Trinajstić information content (AvgIpc) is 3.31. The van der Waals surface area contributed by atoms with Crippen molar-refractivity contribution in [3.05, 3.63) is 71.6 Å². The molecule has 2 amide bonds. The third-order valence-corrected chi connectivity index (χ3v) is 7.08. The fourth-order valence-corrected chi connectivity index (χ4v) is 5.38. The van der Waals surface area contributed by atoms with Gasteiger partial charge in [0.15, 0.2) is 0 Å². The van der Waals surface area contributed by atoms with Gasteiger partial charge in [-0.3, -0.25) is 14.6 Å². The first-order valence-corrected chi connectivity index (χ1v) is 12.7. The van der Waals surface area contributed by atoms with Crippen molar-refractivity contribution >= 4 is 53.7 Å². The van der Waals surface area contributed by atoms with E-state index in [-0.39, 0.29) is 61.1 Å². The second-order valence-corrected chi connectivity index (χ2v) is 10.1. The summed E-state index contributed by atoms with van der Waals surface area (Å²) >= 11 is 0. The molecule has 3 N–H and O–H groups in total. The number of hydrogen-bond donors (Lipinski definition) is 2. The molecule has 0 unspecified atom stereocenters. The summed E-state index contributed by atoms with van der Waals surface area (Å²) in [6.45, 7) is 3.58. The maximum absolute atomic E-state index is 15.6. The van der Waals surface area contributed by atoms with Gasteiger partial charge in [-0.05, 0) is 49.1 Å². The molecule has 3 heterocycles. The first-order valence-electron chi connectivity index (χ1n) is 12.7. The molecular weight excluding hydrogens is 585 g/mol. The van der Waals surface area contributed by atoms with E-state index in [0.717, 1.165) is 30.7 Å². The van der Waals surface area contributed by atoms with Crippen LogP contribution in [0.5, 0.6) is 0 Å². The zero-order valence-electron chi connectivity index (χ0n) is 22.0. The number of anilines is 3. The van der Waals surface area contributed by atoms with E-state index < -0.39 is 45.9 Å². The lowest BCUT2D eigenvalue weighted by Gasteiger charge is -2.37. The lowest BCUT2D eigenvalue weighted by atomic mass is 9.96. The Balaban J connectivity index is 0.00000231. The molecule has 3 aromatic rings. The highest BCUT2D eigenvalue weighted by molar-refractivity contribution is 6.07. The Morgan fingerprint density at radius 1 is 1.02 bits per heavy atom. The van der Waals surface area contributed by atoms with Crippen molar-refractivity contribution < 1.29 is 27.2 Å². The molecule has 2 fully saturated rings. The number of amides is 2. The number of piperidine rings is 1. The molecule has 0 radical (unpaired) electrons. The molecule has 2 aliphatic heterocycles. The molecule has 0 aliphatic carbocycles. The minimum atomic E-state index is -1.42. The van der Waals surface area contributed by atoms with E-state index in [0.29, 0.717) is 31.1 Å². The molecule has 0 spiro atoms. The van der Waals surface area contributed by atoms with Crippen molar-refractivity contribution in [2.24, 2.45) is 11.7 Å². The molecule has 41 heavy (non-hydrogen) atoms. The van der Waals surface area contributed by atoms with E-state index >= 15 is 13.2 Å². The molecule has 0 bridgehead atoms. The quantitative estimate of drug-likeness (QED) is 0.360. The van der Waals surface area contributed by atoms with Crippen LogP contribution in [0.15, 0.2) is 42.7 Å². The number of aromatic nitrogens is 1. The van der Waals surface area contributed by atoms with Gasteiger partial charge in [0.05, 0.1) is 34.3 Å². The molecule has 2 aliphatic rings. The van der Waals surface area contributed by atoms with Crippen LogP contribution in [0.1, 0.15) is 36.5 Å². The van der Waals surface area contributed by atoms with Crippen LogP contribution in [-0.4, -0.2) is 42.5 Å². The summed E-state index contributed by atoms with van der Waals surface area (Å²) in [7, 11) is 0. The van der Waals surface area contributed by atoms with Crippen molar-refractivity contribution in [1.29, 1.82) is 0 Å². The van der Waals surface area contributed by atoms with Gasteiger partial charge in [0.1, 0.15) is 23.3 Å². The zero-order valence-corrected chi connectivity index (χ0v) is 23.6. The van der Waals surface area contributed by atoms with E-state index in [9.17, 15) is 14.0 Å². The zero-order chi connectivity index (χ0) is 27.8. The number of halogens is 6. The van der Waals surface area contributed by atoms with Gasteiger partial charge in [0.25, 0.3) is 5.91 Å². The minimum Gasteiger partial charge on any atom is -0.368 e. The van der Waals surface area contributed by atoms with Gasteiger partial charge < -0.3 is 20.9 Å². The van der Waals surface area contributed by atoms with E-state index in [1.165, 1.54) is 11.1 Å². The number of benzene rings is 2. The smallest absolute Gasteiger partial charge is 0.258 e. The first kappa shape index (κ1) is 32.1. The van der Waals surface area contributed by atoms with Crippen LogP contribution in [0.3, 0.4) is 0 Å². The number of rotatable bonds is 5. The van der Waals surface area contributed by atoms with E-state index in [1.807, 2.05) is 4.90 Å². The van der Waals surface area contributed by atoms with Crippen LogP contribution < -0.4 is 20.9 Å². The number of carbonyl (C=O) groups is 2. The molecule has 0 saturated carbocycles. The summed E-state index contributed by atoms with van der Waals surface area (Å²) in [5.41, 5.74) is 4.45. The number of nitrogens with zero attached hydrogens (tertiary/aromatic N) is 3. The topological polar surface area (TPSA) is 91.6 Å². The van der Waals surface area contributed by atoms with E-state index in [1.54, 1.807) is 12.3 Å². The fourth-order valence-electron chi connectivity index (χ4n) is 5.38. The van der Waals surface area contributed by atoms with Gasteiger partial charge >= 0.3 is 0 Å². The van der Waals surface area contributed by atoms with E-state index in [2.05, 4.69) is 17.2 Å². The summed E-state index contributed by atoms with van der Waals surface area (Å²) in [6.07, 6.45) is 4.59. The number of nitrogens with one attached hydrogen (secondary N) is 1. The molecule has 2 atom stereocenters. The third-order valence-electron chi connectivity index (χ3n) is 7.08. The Kier molecular flexibility index (Phi) is 10.2. The normalized spacial score (nSPS) is 18.5. The largest absolute Gasteiger partial charge is 0.368 e. The van der Waals surface area contributed by atoms with Gasteiger partial charge in [-0.2, -0.15) is 0 Å². The predicted molar refractivity (Wildman–Crippen MR) is 154 cm³/mol. The van der Waals surface area contributed by atoms with Crippen molar-refractivity contribution in [2.45, 2.75) is 32.2 Å². The Morgan fingerprint density at radius 2 is 1.73 bits per heavy atom. The molecule has 7 nitrogen and oxygen atoms in total. The predicted octanol–water partition coefficient (Wildman–Crippen LogP) is 5.70. The highest BCUT2D eigenvalue weighted by atomic mass is 35.5. The van der Waals surface area contributed by atoms with Gasteiger partial charge in [0, 0.05) is 44.0 Å². The summed E-state index contributed by atoms with van der Waals surface area (Å²) in [5.74, 6) is -6.12. The summed E-state index contributed by atoms with van der Waals surface area (Å²) < 4.78 is 60.6. The average molecular weight is 614 g/mol. The van der Waals surface area contributed by atoms with Crippen LogP contribution in [0.2, 0.25) is 0 Å². The Bertz CT molecular complexity index is 1430. The maximum Gasteiger partial charge on any atom is 0.258 e. The molecule has 5 rings (SSSR count). The lowest BCUT2D eigenvalue weighted by molar-refractivity contribution is -0.117. The standard InChI is InChI=1S/C28H27F4N5O2.2ClH/c1-15-9-16(33)14-36(13-15)23-6-7-34-12-22(23)35-28(39)18-4-5-19(29)26(27(18)32)25-20(30)10-17(11-21(25)31)37-8-2-3-24(37)38;;/h4-7,10-12,15-16H,2-3,8-9,13-14,33H2,1H3,(H,35,39);2*1H/t15-,16+;;/m1../s1. The second kappa shape index (κ2) is 13.1.